The summed E-state index contributed by atoms with van der Waals surface area (Å²) < 4.78 is 42.9. The zero-order chi connectivity index (χ0) is 23.6. The molecule has 13 heteroatoms. The lowest BCUT2D eigenvalue weighted by molar-refractivity contribution is -0.384. The number of nitrogens with zero attached hydrogens (tertiary/aromatic N) is 2. The Morgan fingerprint density at radius 3 is 2.56 bits per heavy atom. The van der Waals surface area contributed by atoms with Gasteiger partial charge in [-0.2, -0.15) is 0 Å². The number of hydrogen-bond acceptors (Lipinski definition) is 8. The van der Waals surface area contributed by atoms with Gasteiger partial charge in [0.25, 0.3) is 5.69 Å². The molecule has 1 N–H and O–H groups in total. The Hall–Kier alpha value is -2.64. The van der Waals surface area contributed by atoms with Crippen molar-refractivity contribution >= 4 is 38.4 Å². The van der Waals surface area contributed by atoms with E-state index in [0.29, 0.717) is 12.0 Å². The molecular formula is C19H23N3O8S2. The highest BCUT2D eigenvalue weighted by atomic mass is 32.2. The Labute approximate surface area is 187 Å². The molecule has 1 amide bonds. The number of nitro benzene ring substituents is 1. The summed E-state index contributed by atoms with van der Waals surface area (Å²) in [5.41, 5.74) is 0.364. The molecule has 0 radical (unpaired) electrons. The summed E-state index contributed by atoms with van der Waals surface area (Å²) >= 11 is 0. The second kappa shape index (κ2) is 9.46. The van der Waals surface area contributed by atoms with Gasteiger partial charge in [0.1, 0.15) is 12.3 Å². The van der Waals surface area contributed by atoms with Crippen molar-refractivity contribution < 1.29 is 31.9 Å². The average Bonchev–Trinajstić information content (AvgIpc) is 3.07. The summed E-state index contributed by atoms with van der Waals surface area (Å²) in [4.78, 5) is 37.1. The smallest absolute Gasteiger partial charge is 0.356 e. The van der Waals surface area contributed by atoms with Gasteiger partial charge in [-0.05, 0) is 24.1 Å². The molecule has 2 aliphatic heterocycles. The minimum Gasteiger partial charge on any atom is -0.456 e. The molecule has 2 aliphatic rings. The second-order valence-corrected chi connectivity index (χ2v) is 10.9. The Bertz CT molecular complexity index is 1100. The SMILES string of the molecule is CCC1C(=O)N2C(C(=O)OCc3ccc([N+](=O)[O-])cc3)=C(S(=O)CCNS(C)(=O)=O)CC12. The number of esters is 1. The summed E-state index contributed by atoms with van der Waals surface area (Å²) in [7, 11) is -5.14. The molecule has 0 saturated carbocycles. The van der Waals surface area contributed by atoms with Gasteiger partial charge in [0.2, 0.25) is 15.9 Å². The Kier molecular flexibility index (Phi) is 7.10. The maximum atomic E-state index is 12.9. The molecular weight excluding hydrogens is 462 g/mol. The van der Waals surface area contributed by atoms with Crippen LogP contribution in [0.15, 0.2) is 34.9 Å². The van der Waals surface area contributed by atoms with Crippen molar-refractivity contribution in [3.05, 3.63) is 50.5 Å². The van der Waals surface area contributed by atoms with Crippen molar-refractivity contribution in [2.45, 2.75) is 32.4 Å². The number of nitrogens with one attached hydrogen (secondary N) is 1. The van der Waals surface area contributed by atoms with E-state index >= 15 is 0 Å². The Morgan fingerprint density at radius 1 is 1.34 bits per heavy atom. The summed E-state index contributed by atoms with van der Waals surface area (Å²) in [6, 6.07) is 5.21. The fourth-order valence-electron chi connectivity index (χ4n) is 3.77. The maximum Gasteiger partial charge on any atom is 0.356 e. The van der Waals surface area contributed by atoms with Gasteiger partial charge in [-0.25, -0.2) is 17.9 Å². The molecule has 3 rings (SSSR count). The average molecular weight is 486 g/mol. The lowest BCUT2D eigenvalue weighted by Gasteiger charge is -2.43. The normalized spacial score (nSPS) is 21.2. The van der Waals surface area contributed by atoms with Gasteiger partial charge in [0.05, 0.1) is 33.9 Å². The van der Waals surface area contributed by atoms with Crippen molar-refractivity contribution in [2.24, 2.45) is 5.92 Å². The van der Waals surface area contributed by atoms with Crippen molar-refractivity contribution in [1.29, 1.82) is 0 Å². The molecule has 32 heavy (non-hydrogen) atoms. The predicted molar refractivity (Wildman–Crippen MR) is 115 cm³/mol. The van der Waals surface area contributed by atoms with Gasteiger partial charge in [-0.1, -0.05) is 6.92 Å². The number of rotatable bonds is 10. The topological polar surface area (TPSA) is 153 Å². The fourth-order valence-corrected chi connectivity index (χ4v) is 5.66. The minimum absolute atomic E-state index is 0.0485. The molecule has 174 valence electrons. The molecule has 0 aromatic heterocycles. The van der Waals surface area contributed by atoms with E-state index in [0.717, 1.165) is 6.26 Å². The highest BCUT2D eigenvalue weighted by Crippen LogP contribution is 2.44. The van der Waals surface area contributed by atoms with E-state index in [-0.39, 0.29) is 59.5 Å². The molecule has 3 unspecified atom stereocenters. The lowest BCUT2D eigenvalue weighted by Crippen LogP contribution is -2.58. The molecule has 0 bridgehead atoms. The van der Waals surface area contributed by atoms with Crippen LogP contribution in [0.5, 0.6) is 0 Å². The first kappa shape index (κ1) is 24.0. The van der Waals surface area contributed by atoms with E-state index in [9.17, 15) is 32.3 Å². The molecule has 0 aliphatic carbocycles. The molecule has 11 nitrogen and oxygen atoms in total. The summed E-state index contributed by atoms with van der Waals surface area (Å²) in [6.45, 7) is 1.60. The lowest BCUT2D eigenvalue weighted by atomic mass is 9.85. The fraction of sp³-hybridized carbons (Fsp3) is 0.474. The maximum absolute atomic E-state index is 12.9. The first-order valence-electron chi connectivity index (χ1n) is 9.83. The van der Waals surface area contributed by atoms with Crippen LogP contribution in [0.4, 0.5) is 5.69 Å². The van der Waals surface area contributed by atoms with E-state index < -0.39 is 31.7 Å². The van der Waals surface area contributed by atoms with E-state index in [1.165, 1.54) is 29.2 Å². The van der Waals surface area contributed by atoms with Gasteiger partial charge in [-0.15, -0.1) is 0 Å². The number of sulfonamides is 1. The van der Waals surface area contributed by atoms with Crippen LogP contribution in [0.2, 0.25) is 0 Å². The largest absolute Gasteiger partial charge is 0.456 e. The molecule has 2 heterocycles. The molecule has 1 aromatic rings. The minimum atomic E-state index is -3.45. The van der Waals surface area contributed by atoms with Gasteiger partial charge >= 0.3 is 5.97 Å². The van der Waals surface area contributed by atoms with Crippen molar-refractivity contribution in [1.82, 2.24) is 9.62 Å². The van der Waals surface area contributed by atoms with E-state index in [1.807, 2.05) is 6.92 Å². The number of fused-ring (bicyclic) bond motifs is 1. The van der Waals surface area contributed by atoms with Gasteiger partial charge in [-0.3, -0.25) is 19.1 Å². The number of carbonyl (C=O) groups is 2. The Morgan fingerprint density at radius 2 is 2.00 bits per heavy atom. The molecule has 3 atom stereocenters. The monoisotopic (exact) mass is 485 g/mol. The standard InChI is InChI=1S/C19H23N3O8S2/c1-3-14-15-10-16(31(27)9-8-20-32(2,28)29)17(21(15)18(14)23)19(24)30-11-12-4-6-13(7-5-12)22(25)26/h4-7,14-15,20H,3,8-11H2,1-2H3. The first-order chi connectivity index (χ1) is 15.0. The van der Waals surface area contributed by atoms with Crippen LogP contribution < -0.4 is 4.72 Å². The van der Waals surface area contributed by atoms with E-state index in [1.54, 1.807) is 0 Å². The number of benzene rings is 1. The number of amides is 1. The number of carbonyl (C=O) groups excluding carboxylic acids is 2. The number of nitro groups is 1. The van der Waals surface area contributed by atoms with Crippen LogP contribution in [-0.2, 0) is 41.8 Å². The summed E-state index contributed by atoms with van der Waals surface area (Å²) in [6.07, 6.45) is 1.83. The molecule has 1 aromatic carbocycles. The third-order valence-electron chi connectivity index (χ3n) is 5.33. The van der Waals surface area contributed by atoms with Crippen molar-refractivity contribution in [3.63, 3.8) is 0 Å². The van der Waals surface area contributed by atoms with Crippen molar-refractivity contribution in [2.75, 3.05) is 18.6 Å². The van der Waals surface area contributed by atoms with Gasteiger partial charge in [0, 0.05) is 35.8 Å². The van der Waals surface area contributed by atoms with E-state index in [4.69, 9.17) is 4.74 Å². The number of non-ortho nitro benzene ring substituents is 1. The first-order valence-corrected chi connectivity index (χ1v) is 13.0. The second-order valence-electron chi connectivity index (χ2n) is 7.48. The van der Waals surface area contributed by atoms with Crippen molar-refractivity contribution in [3.8, 4) is 0 Å². The zero-order valence-electron chi connectivity index (χ0n) is 17.5. The van der Waals surface area contributed by atoms with Crippen LogP contribution in [0.25, 0.3) is 0 Å². The highest BCUT2D eigenvalue weighted by Gasteiger charge is 2.55. The third kappa shape index (κ3) is 5.05. The molecule has 1 fully saturated rings. The van der Waals surface area contributed by atoms with Crippen LogP contribution in [0.1, 0.15) is 25.3 Å². The number of ether oxygens (including phenoxy) is 1. The van der Waals surface area contributed by atoms with Gasteiger partial charge < -0.3 is 9.64 Å². The van der Waals surface area contributed by atoms with Crippen LogP contribution in [0, 0.1) is 16.0 Å². The van der Waals surface area contributed by atoms with Gasteiger partial charge in [0.15, 0.2) is 0 Å². The predicted octanol–water partition coefficient (Wildman–Crippen LogP) is 0.788. The summed E-state index contributed by atoms with van der Waals surface area (Å²) in [5, 5.41) is 10.7. The van der Waals surface area contributed by atoms with Crippen LogP contribution >= 0.6 is 0 Å². The highest BCUT2D eigenvalue weighted by molar-refractivity contribution is 7.89. The molecule has 1 saturated heterocycles. The Balaban J connectivity index is 1.75. The van der Waals surface area contributed by atoms with Crippen LogP contribution in [0.3, 0.4) is 0 Å². The van der Waals surface area contributed by atoms with Crippen LogP contribution in [-0.4, -0.2) is 58.9 Å². The third-order valence-corrected chi connectivity index (χ3v) is 7.54. The summed E-state index contributed by atoms with van der Waals surface area (Å²) in [5.74, 6) is -1.36. The van der Waals surface area contributed by atoms with E-state index in [2.05, 4.69) is 4.72 Å². The number of β-lactam (4-membered cyclic amide) rings is 1. The number of hydrogen-bond donors (Lipinski definition) is 1. The molecule has 0 spiro atoms. The quantitative estimate of drug-likeness (QED) is 0.221. The zero-order valence-corrected chi connectivity index (χ0v) is 19.1.